The fourth-order valence-electron chi connectivity index (χ4n) is 2.87. The second-order valence-electron chi connectivity index (χ2n) is 6.76. The highest BCUT2D eigenvalue weighted by Crippen LogP contribution is 2.28. The number of thioether (sulfide) groups is 1. The Morgan fingerprint density at radius 1 is 1.14 bits per heavy atom. The van der Waals surface area contributed by atoms with Gasteiger partial charge in [0.05, 0.1) is 17.8 Å². The number of hydrogen-bond donors (Lipinski definition) is 1. The molecule has 29 heavy (non-hydrogen) atoms. The number of aromatic nitrogens is 3. The molecule has 1 aromatic heterocycles. The summed E-state index contributed by atoms with van der Waals surface area (Å²) >= 11 is 13.6. The summed E-state index contributed by atoms with van der Waals surface area (Å²) in [6, 6.07) is 15.1. The van der Waals surface area contributed by atoms with Crippen molar-refractivity contribution >= 4 is 40.9 Å². The van der Waals surface area contributed by atoms with Crippen molar-refractivity contribution in [3.63, 3.8) is 0 Å². The predicted octanol–water partition coefficient (Wildman–Crippen LogP) is 5.30. The molecule has 0 spiro atoms. The molecule has 3 rings (SSSR count). The molecule has 1 heterocycles. The normalized spacial score (nSPS) is 13.1. The van der Waals surface area contributed by atoms with E-state index in [4.69, 9.17) is 23.2 Å². The van der Waals surface area contributed by atoms with Gasteiger partial charge >= 0.3 is 0 Å². The van der Waals surface area contributed by atoms with Crippen molar-refractivity contribution in [1.82, 2.24) is 20.1 Å². The fourth-order valence-corrected chi connectivity index (χ4v) is 4.34. The van der Waals surface area contributed by atoms with E-state index in [2.05, 4.69) is 27.6 Å². The van der Waals surface area contributed by atoms with Gasteiger partial charge in [0.25, 0.3) is 0 Å². The summed E-state index contributed by atoms with van der Waals surface area (Å²) in [5.41, 5.74) is 1.98. The molecule has 2 atom stereocenters. The molecule has 1 amide bonds. The Kier molecular flexibility index (Phi) is 7.22. The highest BCUT2D eigenvalue weighted by molar-refractivity contribution is 8.00. The van der Waals surface area contributed by atoms with Crippen LogP contribution in [0.3, 0.4) is 0 Å². The molecule has 5 nitrogen and oxygen atoms in total. The standard InChI is InChI=1S/C21H22Cl2N4OS/c1-13(18-10-9-17(22)11-19(18)23)24-20(28)14(2)29-21-26-25-15(3)27(21)12-16-7-5-4-6-8-16/h4-11,13-14H,12H2,1-3H3,(H,24,28). The van der Waals surface area contributed by atoms with Gasteiger partial charge in [-0.1, -0.05) is 71.4 Å². The number of benzene rings is 2. The van der Waals surface area contributed by atoms with Crippen LogP contribution in [0.5, 0.6) is 0 Å². The van der Waals surface area contributed by atoms with Crippen LogP contribution in [-0.2, 0) is 11.3 Å². The highest BCUT2D eigenvalue weighted by atomic mass is 35.5. The second kappa shape index (κ2) is 9.65. The molecule has 152 valence electrons. The molecule has 2 aromatic carbocycles. The number of rotatable bonds is 7. The number of nitrogens with one attached hydrogen (secondary N) is 1. The van der Waals surface area contributed by atoms with Crippen molar-refractivity contribution < 1.29 is 4.79 Å². The van der Waals surface area contributed by atoms with Crippen LogP contribution in [0, 0.1) is 6.92 Å². The molecule has 3 aromatic rings. The van der Waals surface area contributed by atoms with Gasteiger partial charge in [-0.05, 0) is 44.0 Å². The summed E-state index contributed by atoms with van der Waals surface area (Å²) in [5.74, 6) is 0.714. The third kappa shape index (κ3) is 5.53. The molecule has 0 bridgehead atoms. The Balaban J connectivity index is 1.67. The zero-order valence-electron chi connectivity index (χ0n) is 16.4. The fraction of sp³-hybridized carbons (Fsp3) is 0.286. The maximum absolute atomic E-state index is 12.7. The van der Waals surface area contributed by atoms with Crippen molar-refractivity contribution in [2.75, 3.05) is 0 Å². The zero-order valence-corrected chi connectivity index (χ0v) is 18.7. The summed E-state index contributed by atoms with van der Waals surface area (Å²) in [7, 11) is 0. The topological polar surface area (TPSA) is 59.8 Å². The molecule has 0 saturated carbocycles. The summed E-state index contributed by atoms with van der Waals surface area (Å²) in [6.45, 7) is 6.32. The molecular weight excluding hydrogens is 427 g/mol. The minimum atomic E-state index is -0.346. The predicted molar refractivity (Wildman–Crippen MR) is 119 cm³/mol. The molecule has 0 saturated heterocycles. The first-order chi connectivity index (χ1) is 13.8. The molecule has 0 aliphatic heterocycles. The molecular formula is C21H22Cl2N4OS. The van der Waals surface area contributed by atoms with Gasteiger partial charge in [0.2, 0.25) is 5.91 Å². The van der Waals surface area contributed by atoms with E-state index in [1.807, 2.05) is 49.6 Å². The molecule has 8 heteroatoms. The Morgan fingerprint density at radius 2 is 1.86 bits per heavy atom. The van der Waals surface area contributed by atoms with Crippen LogP contribution in [0.1, 0.15) is 36.8 Å². The van der Waals surface area contributed by atoms with E-state index < -0.39 is 0 Å². The number of halogens is 2. The molecule has 1 N–H and O–H groups in total. The molecule has 0 fully saturated rings. The quantitative estimate of drug-likeness (QED) is 0.498. The molecule has 0 aliphatic carbocycles. The van der Waals surface area contributed by atoms with Gasteiger partial charge in [-0.25, -0.2) is 0 Å². The van der Waals surface area contributed by atoms with E-state index in [1.54, 1.807) is 12.1 Å². The van der Waals surface area contributed by atoms with Crippen molar-refractivity contribution in [3.05, 3.63) is 75.5 Å². The third-order valence-corrected chi connectivity index (χ3v) is 6.17. The maximum atomic E-state index is 12.7. The second-order valence-corrected chi connectivity index (χ2v) is 8.91. The minimum Gasteiger partial charge on any atom is -0.349 e. The minimum absolute atomic E-state index is 0.0968. The summed E-state index contributed by atoms with van der Waals surface area (Å²) in [5, 5.41) is 12.9. The number of hydrogen-bond acceptors (Lipinski definition) is 4. The van der Waals surface area contributed by atoms with E-state index in [0.29, 0.717) is 21.7 Å². The average Bonchev–Trinajstić information content (AvgIpc) is 3.02. The van der Waals surface area contributed by atoms with E-state index in [-0.39, 0.29) is 17.2 Å². The molecule has 2 unspecified atom stereocenters. The van der Waals surface area contributed by atoms with Gasteiger partial charge in [-0.15, -0.1) is 10.2 Å². The molecule has 0 aliphatic rings. The highest BCUT2D eigenvalue weighted by Gasteiger charge is 2.22. The first-order valence-electron chi connectivity index (χ1n) is 9.21. The first-order valence-corrected chi connectivity index (χ1v) is 10.8. The van der Waals surface area contributed by atoms with E-state index in [9.17, 15) is 4.79 Å². The smallest absolute Gasteiger partial charge is 0.233 e. The van der Waals surface area contributed by atoms with Gasteiger partial charge in [-0.2, -0.15) is 0 Å². The Hall–Kier alpha value is -2.02. The number of amides is 1. The Morgan fingerprint density at radius 3 is 2.55 bits per heavy atom. The summed E-state index contributed by atoms with van der Waals surface area (Å²) < 4.78 is 2.02. The Bertz CT molecular complexity index is 994. The average molecular weight is 449 g/mol. The number of aryl methyl sites for hydroxylation is 1. The van der Waals surface area contributed by atoms with E-state index in [1.165, 1.54) is 11.8 Å². The monoisotopic (exact) mass is 448 g/mol. The molecule has 0 radical (unpaired) electrons. The summed E-state index contributed by atoms with van der Waals surface area (Å²) in [4.78, 5) is 12.7. The van der Waals surface area contributed by atoms with Crippen molar-refractivity contribution in [1.29, 1.82) is 0 Å². The van der Waals surface area contributed by atoms with Gasteiger partial charge in [0.15, 0.2) is 5.16 Å². The van der Waals surface area contributed by atoms with Gasteiger partial charge in [-0.3, -0.25) is 4.79 Å². The van der Waals surface area contributed by atoms with Crippen LogP contribution in [0.25, 0.3) is 0 Å². The zero-order chi connectivity index (χ0) is 21.0. The van der Waals surface area contributed by atoms with Crippen LogP contribution in [0.4, 0.5) is 0 Å². The van der Waals surface area contributed by atoms with E-state index >= 15 is 0 Å². The lowest BCUT2D eigenvalue weighted by atomic mass is 10.1. The first kappa shape index (κ1) is 21.7. The lowest BCUT2D eigenvalue weighted by molar-refractivity contribution is -0.120. The van der Waals surface area contributed by atoms with Gasteiger partial charge < -0.3 is 9.88 Å². The van der Waals surface area contributed by atoms with Crippen molar-refractivity contribution in [3.8, 4) is 0 Å². The largest absolute Gasteiger partial charge is 0.349 e. The SMILES string of the molecule is Cc1nnc(SC(C)C(=O)NC(C)c2ccc(Cl)cc2Cl)n1Cc1ccccc1. The lowest BCUT2D eigenvalue weighted by Crippen LogP contribution is -2.33. The number of nitrogens with zero attached hydrogens (tertiary/aromatic N) is 3. The van der Waals surface area contributed by atoms with Crippen LogP contribution < -0.4 is 5.32 Å². The van der Waals surface area contributed by atoms with Crippen LogP contribution >= 0.6 is 35.0 Å². The summed E-state index contributed by atoms with van der Waals surface area (Å²) in [6.07, 6.45) is 0. The number of carbonyl (C=O) groups is 1. The van der Waals surface area contributed by atoms with Crippen LogP contribution in [0.15, 0.2) is 53.7 Å². The number of carbonyl (C=O) groups excluding carboxylic acids is 1. The van der Waals surface area contributed by atoms with Gasteiger partial charge in [0.1, 0.15) is 5.82 Å². The maximum Gasteiger partial charge on any atom is 0.233 e. The lowest BCUT2D eigenvalue weighted by Gasteiger charge is -2.19. The van der Waals surface area contributed by atoms with Gasteiger partial charge in [0, 0.05) is 10.0 Å². The van der Waals surface area contributed by atoms with Crippen molar-refractivity contribution in [2.24, 2.45) is 0 Å². The van der Waals surface area contributed by atoms with Crippen LogP contribution in [0.2, 0.25) is 10.0 Å². The van der Waals surface area contributed by atoms with Crippen LogP contribution in [-0.4, -0.2) is 25.9 Å². The van der Waals surface area contributed by atoms with E-state index in [0.717, 1.165) is 17.0 Å². The van der Waals surface area contributed by atoms with Crippen molar-refractivity contribution in [2.45, 2.75) is 43.8 Å². The third-order valence-electron chi connectivity index (χ3n) is 4.52. The Labute approximate surface area is 184 Å².